The number of aryl methyl sites for hydroxylation is 1. The van der Waals surface area contributed by atoms with Crippen LogP contribution in [0.15, 0.2) is 46.9 Å². The predicted molar refractivity (Wildman–Crippen MR) is 120 cm³/mol. The summed E-state index contributed by atoms with van der Waals surface area (Å²) in [5.74, 6) is 1.07. The Balaban J connectivity index is 1.46. The molecule has 1 saturated heterocycles. The molecule has 0 bridgehead atoms. The molecule has 0 saturated carbocycles. The van der Waals surface area contributed by atoms with E-state index in [9.17, 15) is 4.79 Å². The van der Waals surface area contributed by atoms with E-state index in [-0.39, 0.29) is 17.9 Å². The van der Waals surface area contributed by atoms with E-state index in [0.29, 0.717) is 12.4 Å². The molecule has 4 rings (SSSR count). The van der Waals surface area contributed by atoms with Gasteiger partial charge in [-0.25, -0.2) is 9.97 Å². The summed E-state index contributed by atoms with van der Waals surface area (Å²) in [5, 5.41) is 10.5. The molecule has 0 aliphatic carbocycles. The summed E-state index contributed by atoms with van der Waals surface area (Å²) >= 11 is 3.44. The molecule has 3 N–H and O–H groups in total. The van der Waals surface area contributed by atoms with Gasteiger partial charge in [0.1, 0.15) is 5.75 Å². The van der Waals surface area contributed by atoms with Crippen LogP contribution in [-0.4, -0.2) is 35.3 Å². The first-order chi connectivity index (χ1) is 14.4. The molecule has 1 fully saturated rings. The lowest BCUT2D eigenvalue weighted by atomic mass is 9.91. The van der Waals surface area contributed by atoms with Crippen LogP contribution in [-0.2, 0) is 11.2 Å². The van der Waals surface area contributed by atoms with Crippen LogP contribution in [0.5, 0.6) is 5.75 Å². The number of rotatable bonds is 5. The second kappa shape index (κ2) is 8.57. The summed E-state index contributed by atoms with van der Waals surface area (Å²) in [6.07, 6.45) is 0.233. The standard InChI is InChI=1S/C22H24BrN5O2/c1-12-17-11-16(30-3)8-9-19(17)26-21(24-12)28-22-25-13(2)18(20(29)27-22)10-14-4-6-15(23)7-5-14/h4-9,11,13,18,22,25H,10H2,1-3H3,(H,27,29)(H,24,26,28). The summed E-state index contributed by atoms with van der Waals surface area (Å²) in [6, 6.07) is 13.7. The van der Waals surface area contributed by atoms with E-state index < -0.39 is 6.29 Å². The molecule has 30 heavy (non-hydrogen) atoms. The van der Waals surface area contributed by atoms with E-state index in [1.165, 1.54) is 0 Å². The fourth-order valence-corrected chi connectivity index (χ4v) is 3.96. The van der Waals surface area contributed by atoms with Crippen LogP contribution in [0.1, 0.15) is 18.2 Å². The van der Waals surface area contributed by atoms with Crippen LogP contribution in [0.3, 0.4) is 0 Å². The zero-order valence-electron chi connectivity index (χ0n) is 17.1. The van der Waals surface area contributed by atoms with Gasteiger partial charge in [0.2, 0.25) is 11.9 Å². The van der Waals surface area contributed by atoms with Gasteiger partial charge in [0.05, 0.1) is 24.2 Å². The van der Waals surface area contributed by atoms with Gasteiger partial charge in [-0.1, -0.05) is 28.1 Å². The lowest BCUT2D eigenvalue weighted by Crippen LogP contribution is -2.63. The molecule has 2 heterocycles. The summed E-state index contributed by atoms with van der Waals surface area (Å²) in [6.45, 7) is 3.95. The first-order valence-corrected chi connectivity index (χ1v) is 10.6. The van der Waals surface area contributed by atoms with Gasteiger partial charge in [0.15, 0.2) is 6.29 Å². The molecule has 0 radical (unpaired) electrons. The quantitative estimate of drug-likeness (QED) is 0.530. The van der Waals surface area contributed by atoms with Crippen molar-refractivity contribution in [1.29, 1.82) is 0 Å². The van der Waals surface area contributed by atoms with Crippen LogP contribution in [0.25, 0.3) is 10.9 Å². The fraction of sp³-hybridized carbons (Fsp3) is 0.318. The first kappa shape index (κ1) is 20.6. The topological polar surface area (TPSA) is 88.2 Å². The Morgan fingerprint density at radius 1 is 1.17 bits per heavy atom. The number of aromatic nitrogens is 2. The predicted octanol–water partition coefficient (Wildman–Crippen LogP) is 3.37. The number of nitrogens with zero attached hydrogens (tertiary/aromatic N) is 2. The number of amides is 1. The van der Waals surface area contributed by atoms with Gasteiger partial charge in [-0.3, -0.25) is 10.1 Å². The van der Waals surface area contributed by atoms with Crippen LogP contribution >= 0.6 is 15.9 Å². The second-order valence-electron chi connectivity index (χ2n) is 7.49. The maximum atomic E-state index is 12.8. The third-order valence-corrected chi connectivity index (χ3v) is 5.92. The van der Waals surface area contributed by atoms with Crippen molar-refractivity contribution in [2.75, 3.05) is 12.4 Å². The Bertz CT molecular complexity index is 1070. The van der Waals surface area contributed by atoms with Crippen molar-refractivity contribution >= 4 is 38.7 Å². The average molecular weight is 470 g/mol. The lowest BCUT2D eigenvalue weighted by molar-refractivity contribution is -0.128. The molecule has 156 valence electrons. The van der Waals surface area contributed by atoms with Gasteiger partial charge >= 0.3 is 0 Å². The van der Waals surface area contributed by atoms with Crippen molar-refractivity contribution in [3.05, 3.63) is 58.2 Å². The third kappa shape index (κ3) is 4.39. The molecule has 3 atom stereocenters. The molecule has 3 unspecified atom stereocenters. The highest BCUT2D eigenvalue weighted by atomic mass is 79.9. The van der Waals surface area contributed by atoms with E-state index >= 15 is 0 Å². The second-order valence-corrected chi connectivity index (χ2v) is 8.41. The minimum atomic E-state index is -0.441. The Hall–Kier alpha value is -2.71. The minimum absolute atomic E-state index is 0.00363. The highest BCUT2D eigenvalue weighted by Gasteiger charge is 2.33. The number of carbonyl (C=O) groups excluding carboxylic acids is 1. The Labute approximate surface area is 183 Å². The largest absolute Gasteiger partial charge is 0.497 e. The van der Waals surface area contributed by atoms with Gasteiger partial charge in [-0.15, -0.1) is 0 Å². The van der Waals surface area contributed by atoms with Crippen LogP contribution in [0.4, 0.5) is 5.95 Å². The molecule has 8 heteroatoms. The van der Waals surface area contributed by atoms with Crippen molar-refractivity contribution in [2.45, 2.75) is 32.6 Å². The number of nitrogens with one attached hydrogen (secondary N) is 3. The van der Waals surface area contributed by atoms with Crippen LogP contribution in [0, 0.1) is 12.8 Å². The van der Waals surface area contributed by atoms with Gasteiger partial charge in [-0.2, -0.15) is 0 Å². The summed E-state index contributed by atoms with van der Waals surface area (Å²) in [7, 11) is 1.63. The van der Waals surface area contributed by atoms with E-state index in [1.807, 2.05) is 56.3 Å². The fourth-order valence-electron chi connectivity index (χ4n) is 3.70. The van der Waals surface area contributed by atoms with E-state index in [2.05, 4.69) is 41.8 Å². The van der Waals surface area contributed by atoms with E-state index in [0.717, 1.165) is 32.4 Å². The number of ether oxygens (including phenoxy) is 1. The zero-order chi connectivity index (χ0) is 21.3. The monoisotopic (exact) mass is 469 g/mol. The molecule has 1 aliphatic rings. The smallest absolute Gasteiger partial charge is 0.227 e. The van der Waals surface area contributed by atoms with Gasteiger partial charge < -0.3 is 15.4 Å². The zero-order valence-corrected chi connectivity index (χ0v) is 18.7. The Kier molecular flexibility index (Phi) is 5.87. The van der Waals surface area contributed by atoms with Crippen LogP contribution < -0.4 is 20.7 Å². The van der Waals surface area contributed by atoms with Crippen molar-refractivity contribution in [2.24, 2.45) is 5.92 Å². The molecular formula is C22H24BrN5O2. The van der Waals surface area contributed by atoms with Crippen molar-refractivity contribution in [1.82, 2.24) is 20.6 Å². The van der Waals surface area contributed by atoms with Crippen molar-refractivity contribution in [3.8, 4) is 5.75 Å². The number of carbonyl (C=O) groups is 1. The van der Waals surface area contributed by atoms with Crippen molar-refractivity contribution < 1.29 is 9.53 Å². The number of benzene rings is 2. The van der Waals surface area contributed by atoms with E-state index in [1.54, 1.807) is 7.11 Å². The molecule has 2 aromatic carbocycles. The maximum absolute atomic E-state index is 12.8. The Morgan fingerprint density at radius 3 is 2.63 bits per heavy atom. The number of fused-ring (bicyclic) bond motifs is 1. The molecule has 7 nitrogen and oxygen atoms in total. The third-order valence-electron chi connectivity index (χ3n) is 5.39. The minimum Gasteiger partial charge on any atom is -0.497 e. The SMILES string of the molecule is COc1ccc2nc(NC3NC(=O)C(Cc4ccc(Br)cc4)C(C)N3)nc(C)c2c1. The average Bonchev–Trinajstić information content (AvgIpc) is 2.72. The molecule has 0 spiro atoms. The lowest BCUT2D eigenvalue weighted by Gasteiger charge is -2.36. The molecule has 1 aliphatic heterocycles. The maximum Gasteiger partial charge on any atom is 0.227 e. The summed E-state index contributed by atoms with van der Waals surface area (Å²) < 4.78 is 6.31. The van der Waals surface area contributed by atoms with Gasteiger partial charge in [0, 0.05) is 15.9 Å². The first-order valence-electron chi connectivity index (χ1n) is 9.83. The summed E-state index contributed by atoms with van der Waals surface area (Å²) in [5.41, 5.74) is 2.78. The number of anilines is 1. The number of hydrogen-bond acceptors (Lipinski definition) is 6. The Morgan fingerprint density at radius 2 is 1.93 bits per heavy atom. The number of halogens is 1. The van der Waals surface area contributed by atoms with Gasteiger partial charge in [0.25, 0.3) is 0 Å². The van der Waals surface area contributed by atoms with Crippen LogP contribution in [0.2, 0.25) is 0 Å². The highest BCUT2D eigenvalue weighted by molar-refractivity contribution is 9.10. The van der Waals surface area contributed by atoms with E-state index in [4.69, 9.17) is 4.74 Å². The van der Waals surface area contributed by atoms with Crippen molar-refractivity contribution in [3.63, 3.8) is 0 Å². The molecule has 1 aromatic heterocycles. The molecular weight excluding hydrogens is 446 g/mol. The normalized spacial score (nSPS) is 21.3. The highest BCUT2D eigenvalue weighted by Crippen LogP contribution is 2.23. The number of methoxy groups -OCH3 is 1. The van der Waals surface area contributed by atoms with Gasteiger partial charge in [-0.05, 0) is 56.2 Å². The molecule has 1 amide bonds. The number of hydrogen-bond donors (Lipinski definition) is 3. The molecule has 3 aromatic rings. The summed E-state index contributed by atoms with van der Waals surface area (Å²) in [4.78, 5) is 21.9.